The molecule has 1 amide bonds. The number of fused-ring (bicyclic) bond motifs is 1. The van der Waals surface area contributed by atoms with Gasteiger partial charge in [0.1, 0.15) is 0 Å². The average molecular weight is 470 g/mol. The lowest BCUT2D eigenvalue weighted by molar-refractivity contribution is -0.116. The molecule has 2 aromatic carbocycles. The average Bonchev–Trinajstić information content (AvgIpc) is 3.21. The Hall–Kier alpha value is -3.93. The van der Waals surface area contributed by atoms with Crippen molar-refractivity contribution < 1.29 is 14.3 Å². The molecule has 0 aliphatic rings. The number of hydrogen-bond donors (Lipinski definition) is 2. The second-order valence-corrected chi connectivity index (χ2v) is 9.21. The largest absolute Gasteiger partial charge is 0.462 e. The lowest BCUT2D eigenvalue weighted by Gasteiger charge is -2.09. The van der Waals surface area contributed by atoms with Crippen LogP contribution in [0, 0.1) is 12.8 Å². The fraction of sp³-hybridized carbons (Fsp3) is 0.276. The Morgan fingerprint density at radius 1 is 1.06 bits per heavy atom. The summed E-state index contributed by atoms with van der Waals surface area (Å²) in [5, 5.41) is 4.09. The maximum atomic E-state index is 12.6. The predicted molar refractivity (Wildman–Crippen MR) is 139 cm³/mol. The molecule has 0 saturated heterocycles. The number of aromatic nitrogens is 2. The number of anilines is 1. The monoisotopic (exact) mass is 469 g/mol. The van der Waals surface area contributed by atoms with Gasteiger partial charge in [-0.25, -0.2) is 4.79 Å². The molecule has 2 heterocycles. The summed E-state index contributed by atoms with van der Waals surface area (Å²) in [4.78, 5) is 32.7. The highest BCUT2D eigenvalue weighted by Gasteiger charge is 2.15. The molecule has 35 heavy (non-hydrogen) atoms. The molecular formula is C29H31N3O3. The van der Waals surface area contributed by atoms with Crippen molar-refractivity contribution in [1.82, 2.24) is 9.97 Å². The Kier molecular flexibility index (Phi) is 7.60. The molecule has 0 saturated carbocycles. The summed E-state index contributed by atoms with van der Waals surface area (Å²) in [6.07, 6.45) is 3.63. The third-order valence-electron chi connectivity index (χ3n) is 5.77. The quantitative estimate of drug-likeness (QED) is 0.281. The molecule has 4 rings (SSSR count). The van der Waals surface area contributed by atoms with Gasteiger partial charge in [-0.2, -0.15) is 0 Å². The molecule has 0 spiro atoms. The number of nitrogens with zero attached hydrogens (tertiary/aromatic N) is 1. The van der Waals surface area contributed by atoms with E-state index in [1.807, 2.05) is 32.0 Å². The van der Waals surface area contributed by atoms with E-state index < -0.39 is 0 Å². The first-order chi connectivity index (χ1) is 16.9. The lowest BCUT2D eigenvalue weighted by Crippen LogP contribution is -2.12. The van der Waals surface area contributed by atoms with E-state index in [0.717, 1.165) is 23.3 Å². The zero-order valence-corrected chi connectivity index (χ0v) is 20.4. The number of amides is 1. The molecule has 0 atom stereocenters. The fourth-order valence-corrected chi connectivity index (χ4v) is 4.02. The summed E-state index contributed by atoms with van der Waals surface area (Å²) < 4.78 is 5.25. The SMILES string of the molecule is Cc1ccc2[nH]c(-c3ccccn3)c(CCCC(=O)Nc3ccc(C(=O)OCC(C)C)cc3)c2c1. The number of carbonyl (C=O) groups is 2. The molecule has 0 bridgehead atoms. The van der Waals surface area contributed by atoms with Gasteiger partial charge in [-0.05, 0) is 79.8 Å². The highest BCUT2D eigenvalue weighted by atomic mass is 16.5. The van der Waals surface area contributed by atoms with Crippen LogP contribution in [0.5, 0.6) is 0 Å². The fourth-order valence-electron chi connectivity index (χ4n) is 4.02. The summed E-state index contributed by atoms with van der Waals surface area (Å²) >= 11 is 0. The van der Waals surface area contributed by atoms with Crippen molar-refractivity contribution in [3.8, 4) is 11.4 Å². The molecule has 2 aromatic heterocycles. The molecule has 0 aliphatic heterocycles. The first-order valence-electron chi connectivity index (χ1n) is 12.0. The van der Waals surface area contributed by atoms with Crippen LogP contribution in [0.1, 0.15) is 48.2 Å². The van der Waals surface area contributed by atoms with Crippen LogP contribution in [0.15, 0.2) is 66.9 Å². The Bertz CT molecular complexity index is 1310. The van der Waals surface area contributed by atoms with Crippen molar-refractivity contribution >= 4 is 28.5 Å². The van der Waals surface area contributed by atoms with Gasteiger partial charge in [0.25, 0.3) is 0 Å². The summed E-state index contributed by atoms with van der Waals surface area (Å²) in [5.41, 5.74) is 6.48. The molecular weight excluding hydrogens is 438 g/mol. The number of aromatic amines is 1. The van der Waals surface area contributed by atoms with Crippen LogP contribution in [0.3, 0.4) is 0 Å². The minimum Gasteiger partial charge on any atom is -0.462 e. The number of esters is 1. The van der Waals surface area contributed by atoms with Gasteiger partial charge < -0.3 is 15.0 Å². The highest BCUT2D eigenvalue weighted by Crippen LogP contribution is 2.31. The number of carbonyl (C=O) groups excluding carboxylic acids is 2. The minimum atomic E-state index is -0.353. The number of H-pyrrole nitrogens is 1. The summed E-state index contributed by atoms with van der Waals surface area (Å²) in [6, 6.07) is 19.0. The number of rotatable bonds is 9. The molecule has 6 heteroatoms. The van der Waals surface area contributed by atoms with Gasteiger partial charge >= 0.3 is 5.97 Å². The van der Waals surface area contributed by atoms with Crippen molar-refractivity contribution in [2.24, 2.45) is 5.92 Å². The molecule has 0 radical (unpaired) electrons. The van der Waals surface area contributed by atoms with Gasteiger partial charge in [0.15, 0.2) is 0 Å². The smallest absolute Gasteiger partial charge is 0.338 e. The minimum absolute atomic E-state index is 0.0597. The van der Waals surface area contributed by atoms with Crippen LogP contribution >= 0.6 is 0 Å². The van der Waals surface area contributed by atoms with E-state index >= 15 is 0 Å². The molecule has 0 unspecified atom stereocenters. The van der Waals surface area contributed by atoms with Gasteiger partial charge in [-0.3, -0.25) is 9.78 Å². The number of ether oxygens (including phenoxy) is 1. The topological polar surface area (TPSA) is 84.1 Å². The van der Waals surface area contributed by atoms with Gasteiger partial charge in [0.05, 0.1) is 23.6 Å². The van der Waals surface area contributed by atoms with E-state index in [9.17, 15) is 9.59 Å². The maximum Gasteiger partial charge on any atom is 0.338 e. The molecule has 4 aromatic rings. The molecule has 0 aliphatic carbocycles. The molecule has 2 N–H and O–H groups in total. The molecule has 0 fully saturated rings. The Morgan fingerprint density at radius 2 is 1.86 bits per heavy atom. The second kappa shape index (κ2) is 11.0. The third-order valence-corrected chi connectivity index (χ3v) is 5.77. The number of nitrogens with one attached hydrogen (secondary N) is 2. The number of benzene rings is 2. The van der Waals surface area contributed by atoms with E-state index in [1.54, 1.807) is 30.5 Å². The predicted octanol–water partition coefficient (Wildman–Crippen LogP) is 6.31. The van der Waals surface area contributed by atoms with Crippen LogP contribution in [-0.4, -0.2) is 28.5 Å². The van der Waals surface area contributed by atoms with Crippen molar-refractivity contribution in [2.45, 2.75) is 40.0 Å². The van der Waals surface area contributed by atoms with E-state index in [0.29, 0.717) is 30.7 Å². The standard InChI is InChI=1S/C29H31N3O3/c1-19(2)18-35-29(34)21-11-13-22(14-12-21)31-27(33)9-6-7-23-24-17-20(3)10-15-25(24)32-28(23)26-8-4-5-16-30-26/h4-5,8,10-17,19,32H,6-7,9,18H2,1-3H3,(H,31,33). The van der Waals surface area contributed by atoms with E-state index in [-0.39, 0.29) is 17.8 Å². The van der Waals surface area contributed by atoms with E-state index in [4.69, 9.17) is 4.74 Å². The van der Waals surface area contributed by atoms with Crippen LogP contribution in [0.25, 0.3) is 22.3 Å². The normalized spacial score (nSPS) is 11.1. The Morgan fingerprint density at radius 3 is 2.57 bits per heavy atom. The maximum absolute atomic E-state index is 12.6. The highest BCUT2D eigenvalue weighted by molar-refractivity contribution is 5.93. The van der Waals surface area contributed by atoms with Gasteiger partial charge in [0.2, 0.25) is 5.91 Å². The number of hydrogen-bond acceptors (Lipinski definition) is 4. The number of aryl methyl sites for hydroxylation is 2. The van der Waals surface area contributed by atoms with E-state index in [1.165, 1.54) is 16.5 Å². The zero-order valence-electron chi connectivity index (χ0n) is 20.4. The van der Waals surface area contributed by atoms with Crippen LogP contribution in [0.4, 0.5) is 5.69 Å². The molecule has 6 nitrogen and oxygen atoms in total. The first-order valence-corrected chi connectivity index (χ1v) is 12.0. The van der Waals surface area contributed by atoms with Crippen LogP contribution in [0.2, 0.25) is 0 Å². The lowest BCUT2D eigenvalue weighted by atomic mass is 10.0. The van der Waals surface area contributed by atoms with Gasteiger partial charge in [-0.1, -0.05) is 31.5 Å². The Labute approximate surface area is 205 Å². The van der Waals surface area contributed by atoms with Crippen LogP contribution in [-0.2, 0) is 16.0 Å². The van der Waals surface area contributed by atoms with Gasteiger partial charge in [0, 0.05) is 29.2 Å². The van der Waals surface area contributed by atoms with Crippen molar-refractivity contribution in [2.75, 3.05) is 11.9 Å². The van der Waals surface area contributed by atoms with Gasteiger partial charge in [-0.15, -0.1) is 0 Å². The van der Waals surface area contributed by atoms with E-state index in [2.05, 4.69) is 40.4 Å². The summed E-state index contributed by atoms with van der Waals surface area (Å²) in [7, 11) is 0. The zero-order chi connectivity index (χ0) is 24.8. The second-order valence-electron chi connectivity index (χ2n) is 9.21. The summed E-state index contributed by atoms with van der Waals surface area (Å²) in [6.45, 7) is 6.45. The third kappa shape index (κ3) is 6.15. The molecule has 180 valence electrons. The van der Waals surface area contributed by atoms with Crippen LogP contribution < -0.4 is 5.32 Å². The van der Waals surface area contributed by atoms with Crippen molar-refractivity contribution in [1.29, 1.82) is 0 Å². The summed E-state index contributed by atoms with van der Waals surface area (Å²) in [5.74, 6) is -0.129. The first kappa shape index (κ1) is 24.2. The van der Waals surface area contributed by atoms with Crippen molar-refractivity contribution in [3.63, 3.8) is 0 Å². The Balaban J connectivity index is 1.39. The van der Waals surface area contributed by atoms with Crippen molar-refractivity contribution in [3.05, 3.63) is 83.6 Å². The number of pyridine rings is 1.